The number of anilines is 1. The largest absolute Gasteiger partial charge is 0.490 e. The molecule has 0 aliphatic rings. The number of carbonyl (C=O) groups excluding carboxylic acids is 1. The van der Waals surface area contributed by atoms with Crippen molar-refractivity contribution in [2.45, 2.75) is 53.4 Å². The van der Waals surface area contributed by atoms with Gasteiger partial charge in [-0.2, -0.15) is 0 Å². The van der Waals surface area contributed by atoms with Crippen LogP contribution in [0.2, 0.25) is 0 Å². The molecule has 0 saturated heterocycles. The number of aryl methyl sites for hydroxylation is 3. The maximum atomic E-state index is 12.3. The van der Waals surface area contributed by atoms with Crippen molar-refractivity contribution in [1.82, 2.24) is 0 Å². The van der Waals surface area contributed by atoms with E-state index in [0.717, 1.165) is 46.7 Å². The van der Waals surface area contributed by atoms with Gasteiger partial charge < -0.3 is 14.8 Å². The van der Waals surface area contributed by atoms with Gasteiger partial charge in [0, 0.05) is 12.1 Å². The predicted octanol–water partition coefficient (Wildman–Crippen LogP) is 5.45. The number of amides is 1. The highest BCUT2D eigenvalue weighted by molar-refractivity contribution is 5.91. The normalized spacial score (nSPS) is 10.5. The Bertz CT molecular complexity index is 755. The van der Waals surface area contributed by atoms with E-state index in [2.05, 4.69) is 12.2 Å². The third kappa shape index (κ3) is 6.63. The van der Waals surface area contributed by atoms with Crippen molar-refractivity contribution in [3.05, 3.63) is 53.1 Å². The van der Waals surface area contributed by atoms with E-state index in [1.54, 1.807) is 0 Å². The molecule has 0 aromatic heterocycles. The molecule has 0 unspecified atom stereocenters. The molecule has 146 valence electrons. The van der Waals surface area contributed by atoms with Crippen LogP contribution in [-0.2, 0) is 11.2 Å². The van der Waals surface area contributed by atoms with Crippen LogP contribution in [0.3, 0.4) is 0 Å². The predicted molar refractivity (Wildman–Crippen MR) is 111 cm³/mol. The maximum absolute atomic E-state index is 12.3. The van der Waals surface area contributed by atoms with E-state index >= 15 is 0 Å². The van der Waals surface area contributed by atoms with Gasteiger partial charge in [-0.25, -0.2) is 0 Å². The lowest BCUT2D eigenvalue weighted by atomic mass is 10.1. The van der Waals surface area contributed by atoms with Crippen LogP contribution in [0.4, 0.5) is 5.69 Å². The van der Waals surface area contributed by atoms with Crippen molar-refractivity contribution < 1.29 is 14.3 Å². The van der Waals surface area contributed by atoms with Crippen LogP contribution >= 0.6 is 0 Å². The van der Waals surface area contributed by atoms with E-state index in [-0.39, 0.29) is 5.91 Å². The van der Waals surface area contributed by atoms with Gasteiger partial charge in [0.15, 0.2) is 11.5 Å². The molecule has 2 aromatic carbocycles. The second-order valence-corrected chi connectivity index (χ2v) is 6.78. The van der Waals surface area contributed by atoms with E-state index in [1.807, 2.05) is 57.2 Å². The molecule has 1 N–H and O–H groups in total. The standard InChI is InChI=1S/C23H31NO3/c1-5-7-14-27-21-12-10-19(16-22(21)26-6-2)11-13-23(25)24-20-15-17(3)8-9-18(20)4/h8-10,12,15-16H,5-7,11,13-14H2,1-4H3,(H,24,25). The van der Waals surface area contributed by atoms with Gasteiger partial charge in [0.05, 0.1) is 13.2 Å². The van der Waals surface area contributed by atoms with Gasteiger partial charge in [-0.05, 0) is 68.5 Å². The van der Waals surface area contributed by atoms with Crippen molar-refractivity contribution >= 4 is 11.6 Å². The summed E-state index contributed by atoms with van der Waals surface area (Å²) in [4.78, 5) is 12.3. The molecule has 4 nitrogen and oxygen atoms in total. The minimum Gasteiger partial charge on any atom is -0.490 e. The Kier molecular flexibility index (Phi) is 8.18. The van der Waals surface area contributed by atoms with Crippen LogP contribution in [0.25, 0.3) is 0 Å². The highest BCUT2D eigenvalue weighted by Gasteiger charge is 2.09. The second kappa shape index (κ2) is 10.6. The number of unbranched alkanes of at least 4 members (excludes halogenated alkanes) is 1. The first kappa shape index (κ1) is 20.8. The molecular formula is C23H31NO3. The molecular weight excluding hydrogens is 338 g/mol. The zero-order valence-electron chi connectivity index (χ0n) is 16.9. The first-order chi connectivity index (χ1) is 13.0. The van der Waals surface area contributed by atoms with Crippen LogP contribution in [0, 0.1) is 13.8 Å². The number of rotatable bonds is 10. The zero-order chi connectivity index (χ0) is 19.6. The van der Waals surface area contributed by atoms with Gasteiger partial charge in [-0.3, -0.25) is 4.79 Å². The Morgan fingerprint density at radius 1 is 1.00 bits per heavy atom. The molecule has 27 heavy (non-hydrogen) atoms. The number of hydrogen-bond donors (Lipinski definition) is 1. The van der Waals surface area contributed by atoms with Gasteiger partial charge in [0.25, 0.3) is 0 Å². The molecule has 0 radical (unpaired) electrons. The molecule has 0 atom stereocenters. The summed E-state index contributed by atoms with van der Waals surface area (Å²) in [5, 5.41) is 3.01. The van der Waals surface area contributed by atoms with Crippen LogP contribution in [-0.4, -0.2) is 19.1 Å². The Morgan fingerprint density at radius 2 is 1.81 bits per heavy atom. The Morgan fingerprint density at radius 3 is 2.56 bits per heavy atom. The lowest BCUT2D eigenvalue weighted by Crippen LogP contribution is -2.13. The fraction of sp³-hybridized carbons (Fsp3) is 0.435. The van der Waals surface area contributed by atoms with Crippen molar-refractivity contribution in [3.8, 4) is 11.5 Å². The third-order valence-electron chi connectivity index (χ3n) is 4.37. The smallest absolute Gasteiger partial charge is 0.224 e. The Hall–Kier alpha value is -2.49. The van der Waals surface area contributed by atoms with Gasteiger partial charge in [-0.1, -0.05) is 31.5 Å². The summed E-state index contributed by atoms with van der Waals surface area (Å²) < 4.78 is 11.5. The SMILES string of the molecule is CCCCOc1ccc(CCC(=O)Nc2cc(C)ccc2C)cc1OCC. The average Bonchev–Trinajstić information content (AvgIpc) is 2.65. The highest BCUT2D eigenvalue weighted by Crippen LogP contribution is 2.29. The first-order valence-corrected chi connectivity index (χ1v) is 9.79. The lowest BCUT2D eigenvalue weighted by molar-refractivity contribution is -0.116. The van der Waals surface area contributed by atoms with Crippen molar-refractivity contribution in [2.24, 2.45) is 0 Å². The van der Waals surface area contributed by atoms with Gasteiger partial charge in [0.2, 0.25) is 5.91 Å². The summed E-state index contributed by atoms with van der Waals surface area (Å²) in [7, 11) is 0. The number of carbonyl (C=O) groups is 1. The van der Waals surface area contributed by atoms with Crippen molar-refractivity contribution in [2.75, 3.05) is 18.5 Å². The molecule has 0 spiro atoms. The van der Waals surface area contributed by atoms with E-state index in [0.29, 0.717) is 26.1 Å². The number of nitrogens with one attached hydrogen (secondary N) is 1. The average molecular weight is 370 g/mol. The molecule has 0 aliphatic heterocycles. The maximum Gasteiger partial charge on any atom is 0.224 e. The number of benzene rings is 2. The van der Waals surface area contributed by atoms with E-state index in [9.17, 15) is 4.79 Å². The van der Waals surface area contributed by atoms with E-state index < -0.39 is 0 Å². The van der Waals surface area contributed by atoms with E-state index in [1.165, 1.54) is 0 Å². The highest BCUT2D eigenvalue weighted by atomic mass is 16.5. The van der Waals surface area contributed by atoms with E-state index in [4.69, 9.17) is 9.47 Å². The van der Waals surface area contributed by atoms with Gasteiger partial charge in [0.1, 0.15) is 0 Å². The lowest BCUT2D eigenvalue weighted by Gasteiger charge is -2.13. The molecule has 0 heterocycles. The monoisotopic (exact) mass is 369 g/mol. The first-order valence-electron chi connectivity index (χ1n) is 9.79. The topological polar surface area (TPSA) is 47.6 Å². The minimum absolute atomic E-state index is 0.0185. The number of ether oxygens (including phenoxy) is 2. The summed E-state index contributed by atoms with van der Waals surface area (Å²) >= 11 is 0. The quantitative estimate of drug-likeness (QED) is 0.566. The third-order valence-corrected chi connectivity index (χ3v) is 4.37. The Labute approximate surface area is 162 Å². The molecule has 1 amide bonds. The minimum atomic E-state index is 0.0185. The second-order valence-electron chi connectivity index (χ2n) is 6.78. The molecule has 0 fully saturated rings. The number of hydrogen-bond acceptors (Lipinski definition) is 3. The van der Waals surface area contributed by atoms with Crippen LogP contribution < -0.4 is 14.8 Å². The molecule has 0 saturated carbocycles. The van der Waals surface area contributed by atoms with Crippen molar-refractivity contribution in [3.63, 3.8) is 0 Å². The zero-order valence-corrected chi connectivity index (χ0v) is 16.9. The molecule has 4 heteroatoms. The van der Waals surface area contributed by atoms with Crippen LogP contribution in [0.1, 0.15) is 49.8 Å². The fourth-order valence-electron chi connectivity index (χ4n) is 2.76. The van der Waals surface area contributed by atoms with Crippen LogP contribution in [0.15, 0.2) is 36.4 Å². The molecule has 0 aliphatic carbocycles. The fourth-order valence-corrected chi connectivity index (χ4v) is 2.76. The van der Waals surface area contributed by atoms with Gasteiger partial charge >= 0.3 is 0 Å². The summed E-state index contributed by atoms with van der Waals surface area (Å²) in [6.45, 7) is 9.39. The summed E-state index contributed by atoms with van der Waals surface area (Å²) in [5.41, 5.74) is 4.16. The summed E-state index contributed by atoms with van der Waals surface area (Å²) in [6.07, 6.45) is 3.20. The molecule has 2 aromatic rings. The summed E-state index contributed by atoms with van der Waals surface area (Å²) in [5.74, 6) is 1.54. The van der Waals surface area contributed by atoms with Crippen LogP contribution in [0.5, 0.6) is 11.5 Å². The Balaban J connectivity index is 1.96. The molecule has 2 rings (SSSR count). The van der Waals surface area contributed by atoms with Gasteiger partial charge in [-0.15, -0.1) is 0 Å². The van der Waals surface area contributed by atoms with Crippen molar-refractivity contribution in [1.29, 1.82) is 0 Å². The molecule has 0 bridgehead atoms. The summed E-state index contributed by atoms with van der Waals surface area (Å²) in [6, 6.07) is 12.0.